The largest absolute Gasteiger partial charge is 0.480 e. The van der Waals surface area contributed by atoms with Crippen LogP contribution >= 0.6 is 0 Å². The van der Waals surface area contributed by atoms with Crippen LogP contribution < -0.4 is 27.4 Å². The van der Waals surface area contributed by atoms with Crippen LogP contribution in [0.3, 0.4) is 0 Å². The molecule has 0 aliphatic rings. The SMILES string of the molecule is CC(C)[C@H](N)C(=O)N[C@H](C(=O)N[C@@H](C)C(=O)N[C@@H](CCCCN)C(=O)O)[C@@H](C)O. The Hall–Kier alpha value is -2.24. The van der Waals surface area contributed by atoms with Crippen LogP contribution in [0.4, 0.5) is 0 Å². The van der Waals surface area contributed by atoms with Gasteiger partial charge in [-0.25, -0.2) is 4.79 Å². The maximum absolute atomic E-state index is 12.4. The van der Waals surface area contributed by atoms with Gasteiger partial charge in [-0.1, -0.05) is 13.8 Å². The van der Waals surface area contributed by atoms with Gasteiger partial charge in [0.25, 0.3) is 0 Å². The van der Waals surface area contributed by atoms with Crippen LogP contribution in [-0.2, 0) is 19.2 Å². The van der Waals surface area contributed by atoms with E-state index in [1.165, 1.54) is 13.8 Å². The Balaban J connectivity index is 4.92. The third kappa shape index (κ3) is 9.68. The van der Waals surface area contributed by atoms with Crippen molar-refractivity contribution in [3.63, 3.8) is 0 Å². The molecule has 29 heavy (non-hydrogen) atoms. The van der Waals surface area contributed by atoms with E-state index >= 15 is 0 Å². The number of amides is 3. The van der Waals surface area contributed by atoms with Gasteiger partial charge in [0.05, 0.1) is 12.1 Å². The summed E-state index contributed by atoms with van der Waals surface area (Å²) in [6.07, 6.45) is 0.121. The summed E-state index contributed by atoms with van der Waals surface area (Å²) in [6.45, 7) is 6.57. The molecule has 9 N–H and O–H groups in total. The van der Waals surface area contributed by atoms with Crippen LogP contribution in [-0.4, -0.2) is 70.7 Å². The second kappa shape index (κ2) is 13.1. The number of aliphatic hydroxyl groups excluding tert-OH is 1. The van der Waals surface area contributed by atoms with Crippen molar-refractivity contribution in [2.75, 3.05) is 6.54 Å². The number of aliphatic carboxylic acids is 1. The molecule has 11 heteroatoms. The van der Waals surface area contributed by atoms with Crippen LogP contribution in [0.25, 0.3) is 0 Å². The van der Waals surface area contributed by atoms with Gasteiger partial charge in [0, 0.05) is 0 Å². The molecule has 11 nitrogen and oxygen atoms in total. The number of hydrogen-bond donors (Lipinski definition) is 7. The molecule has 0 radical (unpaired) electrons. The average molecular weight is 418 g/mol. The molecule has 0 saturated heterocycles. The third-order valence-electron chi connectivity index (χ3n) is 4.40. The standard InChI is InChI=1S/C18H35N5O6/c1-9(2)13(20)16(26)23-14(11(4)24)17(27)21-10(3)15(25)22-12(18(28)29)7-5-6-8-19/h9-14,24H,5-8,19-20H2,1-4H3,(H,21,27)(H,22,25)(H,23,26)(H,28,29)/t10-,11+,12-,13-,14-/m0/s1. The van der Waals surface area contributed by atoms with Gasteiger partial charge in [0.2, 0.25) is 17.7 Å². The molecule has 0 aromatic rings. The molecule has 0 aliphatic heterocycles. The molecule has 0 aromatic heterocycles. The van der Waals surface area contributed by atoms with Crippen molar-refractivity contribution in [3.8, 4) is 0 Å². The summed E-state index contributed by atoms with van der Waals surface area (Å²) in [5.41, 5.74) is 11.1. The van der Waals surface area contributed by atoms with E-state index in [1.807, 2.05) is 0 Å². The lowest BCUT2D eigenvalue weighted by Gasteiger charge is -2.25. The molecule has 0 heterocycles. The quantitative estimate of drug-likeness (QED) is 0.168. The number of rotatable bonds is 13. The molecule has 0 saturated carbocycles. The first-order chi connectivity index (χ1) is 13.4. The molecule has 0 bridgehead atoms. The minimum atomic E-state index is -1.32. The molecule has 0 aliphatic carbocycles. The monoisotopic (exact) mass is 417 g/mol. The van der Waals surface area contributed by atoms with Crippen molar-refractivity contribution < 1.29 is 29.4 Å². The Bertz CT molecular complexity index is 569. The van der Waals surface area contributed by atoms with Gasteiger partial charge in [-0.15, -0.1) is 0 Å². The lowest BCUT2D eigenvalue weighted by Crippen LogP contribution is -2.59. The number of carboxylic acid groups (broad SMARTS) is 1. The summed E-state index contributed by atoms with van der Waals surface area (Å²) in [5, 5.41) is 26.2. The minimum absolute atomic E-state index is 0.176. The summed E-state index contributed by atoms with van der Waals surface area (Å²) < 4.78 is 0. The van der Waals surface area contributed by atoms with Gasteiger partial charge >= 0.3 is 5.97 Å². The van der Waals surface area contributed by atoms with Crippen LogP contribution in [0.5, 0.6) is 0 Å². The smallest absolute Gasteiger partial charge is 0.326 e. The number of nitrogens with one attached hydrogen (secondary N) is 3. The molecule has 3 amide bonds. The van der Waals surface area contributed by atoms with E-state index in [0.717, 1.165) is 0 Å². The van der Waals surface area contributed by atoms with Gasteiger partial charge in [-0.3, -0.25) is 14.4 Å². The summed E-state index contributed by atoms with van der Waals surface area (Å²) >= 11 is 0. The highest BCUT2D eigenvalue weighted by Gasteiger charge is 2.31. The number of carbonyl (C=O) groups is 4. The van der Waals surface area contributed by atoms with Gasteiger partial charge in [0.1, 0.15) is 18.1 Å². The van der Waals surface area contributed by atoms with Crippen LogP contribution in [0, 0.1) is 5.92 Å². The zero-order valence-corrected chi connectivity index (χ0v) is 17.5. The number of aliphatic hydroxyl groups is 1. The molecule has 168 valence electrons. The van der Waals surface area contributed by atoms with E-state index in [9.17, 15) is 29.4 Å². The van der Waals surface area contributed by atoms with Gasteiger partial charge in [-0.05, 0) is 45.6 Å². The van der Waals surface area contributed by atoms with Crippen molar-refractivity contribution >= 4 is 23.7 Å². The zero-order valence-electron chi connectivity index (χ0n) is 17.5. The Morgan fingerprint density at radius 2 is 1.48 bits per heavy atom. The van der Waals surface area contributed by atoms with Crippen molar-refractivity contribution in [1.29, 1.82) is 0 Å². The van der Waals surface area contributed by atoms with E-state index in [1.54, 1.807) is 13.8 Å². The van der Waals surface area contributed by atoms with Crippen molar-refractivity contribution in [1.82, 2.24) is 16.0 Å². The molecule has 0 unspecified atom stereocenters. The number of hydrogen-bond acceptors (Lipinski definition) is 7. The second-order valence-corrected chi connectivity index (χ2v) is 7.41. The van der Waals surface area contributed by atoms with E-state index in [0.29, 0.717) is 19.4 Å². The van der Waals surface area contributed by atoms with E-state index in [4.69, 9.17) is 11.5 Å². The Morgan fingerprint density at radius 3 is 1.93 bits per heavy atom. The van der Waals surface area contributed by atoms with Crippen molar-refractivity contribution in [3.05, 3.63) is 0 Å². The molecule has 5 atom stereocenters. The second-order valence-electron chi connectivity index (χ2n) is 7.41. The maximum Gasteiger partial charge on any atom is 0.326 e. The normalized spacial score (nSPS) is 16.3. The number of carboxylic acids is 1. The first kappa shape index (κ1) is 26.8. The van der Waals surface area contributed by atoms with Gasteiger partial charge in [0.15, 0.2) is 0 Å². The van der Waals surface area contributed by atoms with Crippen molar-refractivity contribution in [2.24, 2.45) is 17.4 Å². The zero-order chi connectivity index (χ0) is 22.7. The molecule has 0 fully saturated rings. The third-order valence-corrected chi connectivity index (χ3v) is 4.40. The van der Waals surface area contributed by atoms with E-state index < -0.39 is 54.0 Å². The Labute approximate surface area is 171 Å². The lowest BCUT2D eigenvalue weighted by molar-refractivity contribution is -0.142. The van der Waals surface area contributed by atoms with Crippen molar-refractivity contribution in [2.45, 2.75) is 77.2 Å². The van der Waals surface area contributed by atoms with Crippen LogP contribution in [0.15, 0.2) is 0 Å². The van der Waals surface area contributed by atoms with Gasteiger partial charge < -0.3 is 37.6 Å². The predicted octanol–water partition coefficient (Wildman–Crippen LogP) is -1.96. The predicted molar refractivity (Wildman–Crippen MR) is 107 cm³/mol. The molecule has 0 spiro atoms. The fraction of sp³-hybridized carbons (Fsp3) is 0.778. The summed E-state index contributed by atoms with van der Waals surface area (Å²) in [4.78, 5) is 48.1. The van der Waals surface area contributed by atoms with Crippen LogP contribution in [0.1, 0.15) is 47.0 Å². The van der Waals surface area contributed by atoms with Gasteiger partial charge in [-0.2, -0.15) is 0 Å². The Morgan fingerprint density at radius 1 is 0.897 bits per heavy atom. The lowest BCUT2D eigenvalue weighted by atomic mass is 10.0. The first-order valence-corrected chi connectivity index (χ1v) is 9.69. The molecule has 0 aromatic carbocycles. The fourth-order valence-electron chi connectivity index (χ4n) is 2.37. The highest BCUT2D eigenvalue weighted by Crippen LogP contribution is 2.03. The first-order valence-electron chi connectivity index (χ1n) is 9.69. The molecular weight excluding hydrogens is 382 g/mol. The summed E-state index contributed by atoms with van der Waals surface area (Å²) in [7, 11) is 0. The van der Waals surface area contributed by atoms with E-state index in [-0.39, 0.29) is 12.3 Å². The number of carbonyl (C=O) groups excluding carboxylic acids is 3. The summed E-state index contributed by atoms with van der Waals surface area (Å²) in [5.74, 6) is -3.46. The highest BCUT2D eigenvalue weighted by molar-refractivity contribution is 5.94. The average Bonchev–Trinajstić information content (AvgIpc) is 2.63. The molecule has 0 rings (SSSR count). The highest BCUT2D eigenvalue weighted by atomic mass is 16.4. The Kier molecular flexibility index (Phi) is 12.1. The van der Waals surface area contributed by atoms with Crippen LogP contribution in [0.2, 0.25) is 0 Å². The topological polar surface area (TPSA) is 197 Å². The summed E-state index contributed by atoms with van der Waals surface area (Å²) in [6, 6.07) is -4.38. The number of nitrogens with two attached hydrogens (primary N) is 2. The fourth-order valence-corrected chi connectivity index (χ4v) is 2.37. The number of unbranched alkanes of at least 4 members (excludes halogenated alkanes) is 1. The minimum Gasteiger partial charge on any atom is -0.480 e. The molecular formula is C18H35N5O6. The van der Waals surface area contributed by atoms with E-state index in [2.05, 4.69) is 16.0 Å². The maximum atomic E-state index is 12.4.